The van der Waals surface area contributed by atoms with E-state index in [-0.39, 0.29) is 11.7 Å². The van der Waals surface area contributed by atoms with Gasteiger partial charge in [0.15, 0.2) is 0 Å². The number of carboxylic acids is 1. The molecule has 0 amide bonds. The first-order valence-electron chi connectivity index (χ1n) is 8.84. The number of hydrogen-bond donors (Lipinski definition) is 1. The third-order valence-electron chi connectivity index (χ3n) is 4.62. The molecule has 0 aliphatic rings. The summed E-state index contributed by atoms with van der Waals surface area (Å²) in [7, 11) is 0. The lowest BCUT2D eigenvalue weighted by Gasteiger charge is -2.20. The standard InChI is InChI=1S/C21H19F3N2O2/c1-2-3-18(26-13-25-12-19(26)20(27)28)16-6-4-14(5-7-16)15-8-10-17(11-9-15)21(22,23)24/h4-13,18H,2-3H2,1H3,(H,27,28). The lowest BCUT2D eigenvalue weighted by atomic mass is 9.97. The van der Waals surface area contributed by atoms with Gasteiger partial charge in [0, 0.05) is 0 Å². The fourth-order valence-corrected chi connectivity index (χ4v) is 3.21. The fraction of sp³-hybridized carbons (Fsp3) is 0.238. The maximum absolute atomic E-state index is 12.7. The molecule has 3 rings (SSSR count). The molecule has 146 valence electrons. The van der Waals surface area contributed by atoms with Gasteiger partial charge in [-0.15, -0.1) is 0 Å². The molecule has 0 radical (unpaired) electrons. The van der Waals surface area contributed by atoms with Crippen molar-refractivity contribution in [1.29, 1.82) is 0 Å². The van der Waals surface area contributed by atoms with E-state index < -0.39 is 17.7 Å². The van der Waals surface area contributed by atoms with Crippen molar-refractivity contribution in [2.24, 2.45) is 0 Å². The van der Waals surface area contributed by atoms with Crippen LogP contribution < -0.4 is 0 Å². The van der Waals surface area contributed by atoms with E-state index >= 15 is 0 Å². The number of carboxylic acid groups (broad SMARTS) is 1. The van der Waals surface area contributed by atoms with E-state index in [0.717, 1.165) is 36.1 Å². The number of halogens is 3. The van der Waals surface area contributed by atoms with Crippen LogP contribution in [0.3, 0.4) is 0 Å². The summed E-state index contributed by atoms with van der Waals surface area (Å²) in [5, 5.41) is 9.35. The van der Waals surface area contributed by atoms with Crippen LogP contribution in [0, 0.1) is 0 Å². The predicted octanol–water partition coefficient (Wildman–Crippen LogP) is 5.66. The molecular formula is C21H19F3N2O2. The minimum absolute atomic E-state index is 0.116. The average molecular weight is 388 g/mol. The largest absolute Gasteiger partial charge is 0.477 e. The number of rotatable bonds is 6. The summed E-state index contributed by atoms with van der Waals surface area (Å²) in [6, 6.07) is 12.2. The zero-order valence-electron chi connectivity index (χ0n) is 15.1. The highest BCUT2D eigenvalue weighted by molar-refractivity contribution is 5.85. The summed E-state index contributed by atoms with van der Waals surface area (Å²) in [5.41, 5.74) is 1.82. The van der Waals surface area contributed by atoms with Gasteiger partial charge in [0.25, 0.3) is 0 Å². The van der Waals surface area contributed by atoms with Gasteiger partial charge in [-0.2, -0.15) is 13.2 Å². The third-order valence-corrected chi connectivity index (χ3v) is 4.62. The Morgan fingerprint density at radius 2 is 1.64 bits per heavy atom. The number of benzene rings is 2. The Morgan fingerprint density at radius 3 is 2.14 bits per heavy atom. The van der Waals surface area contributed by atoms with Crippen molar-refractivity contribution in [2.45, 2.75) is 32.0 Å². The molecule has 0 aliphatic carbocycles. The Bertz CT molecular complexity index is 945. The Morgan fingerprint density at radius 1 is 1.07 bits per heavy atom. The predicted molar refractivity (Wildman–Crippen MR) is 99.1 cm³/mol. The average Bonchev–Trinajstić information content (AvgIpc) is 3.15. The van der Waals surface area contributed by atoms with E-state index in [2.05, 4.69) is 4.98 Å². The van der Waals surface area contributed by atoms with Crippen molar-refractivity contribution in [1.82, 2.24) is 9.55 Å². The fourth-order valence-electron chi connectivity index (χ4n) is 3.21. The molecule has 1 atom stereocenters. The Kier molecular flexibility index (Phi) is 5.53. The topological polar surface area (TPSA) is 55.1 Å². The first kappa shape index (κ1) is 19.7. The molecule has 0 bridgehead atoms. The van der Waals surface area contributed by atoms with E-state index in [0.29, 0.717) is 5.56 Å². The van der Waals surface area contributed by atoms with E-state index in [1.54, 1.807) is 4.57 Å². The van der Waals surface area contributed by atoms with Gasteiger partial charge in [-0.1, -0.05) is 49.7 Å². The second kappa shape index (κ2) is 7.88. The second-order valence-electron chi connectivity index (χ2n) is 6.49. The Hall–Kier alpha value is -3.09. The van der Waals surface area contributed by atoms with Crippen LogP contribution in [0.5, 0.6) is 0 Å². The van der Waals surface area contributed by atoms with Gasteiger partial charge in [0.1, 0.15) is 5.69 Å². The number of imidazole rings is 1. The minimum Gasteiger partial charge on any atom is -0.477 e. The van der Waals surface area contributed by atoms with Crippen LogP contribution in [0.4, 0.5) is 13.2 Å². The molecule has 0 aliphatic heterocycles. The van der Waals surface area contributed by atoms with Gasteiger partial charge in [-0.25, -0.2) is 9.78 Å². The first-order chi connectivity index (χ1) is 13.3. The number of alkyl halides is 3. The van der Waals surface area contributed by atoms with Gasteiger partial charge in [-0.3, -0.25) is 0 Å². The van der Waals surface area contributed by atoms with Gasteiger partial charge >= 0.3 is 12.1 Å². The van der Waals surface area contributed by atoms with E-state index in [9.17, 15) is 23.1 Å². The molecule has 0 saturated heterocycles. The van der Waals surface area contributed by atoms with Crippen LogP contribution in [0.25, 0.3) is 11.1 Å². The number of carbonyl (C=O) groups is 1. The SMILES string of the molecule is CCCC(c1ccc(-c2ccc(C(F)(F)F)cc2)cc1)n1cncc1C(=O)O. The van der Waals surface area contributed by atoms with Gasteiger partial charge in [0.05, 0.1) is 24.1 Å². The molecule has 2 aromatic carbocycles. The van der Waals surface area contributed by atoms with E-state index in [4.69, 9.17) is 0 Å². The molecule has 1 heterocycles. The Balaban J connectivity index is 1.89. The second-order valence-corrected chi connectivity index (χ2v) is 6.49. The van der Waals surface area contributed by atoms with Crippen LogP contribution in [-0.4, -0.2) is 20.6 Å². The highest BCUT2D eigenvalue weighted by atomic mass is 19.4. The molecule has 1 N–H and O–H groups in total. The van der Waals surface area contributed by atoms with Gasteiger partial charge in [0.2, 0.25) is 0 Å². The summed E-state index contributed by atoms with van der Waals surface area (Å²) in [5.74, 6) is -1.04. The molecule has 7 heteroatoms. The Labute approximate surface area is 160 Å². The lowest BCUT2D eigenvalue weighted by Crippen LogP contribution is -2.15. The summed E-state index contributed by atoms with van der Waals surface area (Å²) in [6.45, 7) is 2.01. The van der Waals surface area contributed by atoms with Crippen LogP contribution in [0.1, 0.15) is 47.4 Å². The highest BCUT2D eigenvalue weighted by Gasteiger charge is 2.30. The van der Waals surface area contributed by atoms with Crippen LogP contribution in [-0.2, 0) is 6.18 Å². The monoisotopic (exact) mass is 388 g/mol. The number of aromatic nitrogens is 2. The van der Waals surface area contributed by atoms with Crippen molar-refractivity contribution < 1.29 is 23.1 Å². The smallest absolute Gasteiger partial charge is 0.416 e. The summed E-state index contributed by atoms with van der Waals surface area (Å²) >= 11 is 0. The third kappa shape index (κ3) is 4.08. The maximum atomic E-state index is 12.7. The number of aromatic carboxylic acids is 1. The minimum atomic E-state index is -4.36. The highest BCUT2D eigenvalue weighted by Crippen LogP contribution is 2.32. The molecular weight excluding hydrogens is 369 g/mol. The molecule has 28 heavy (non-hydrogen) atoms. The van der Waals surface area contributed by atoms with Crippen molar-refractivity contribution in [3.63, 3.8) is 0 Å². The van der Waals surface area contributed by atoms with Crippen LogP contribution in [0.2, 0.25) is 0 Å². The molecule has 1 aromatic heterocycles. The summed E-state index contributed by atoms with van der Waals surface area (Å²) in [4.78, 5) is 15.4. The van der Waals surface area contributed by atoms with Crippen molar-refractivity contribution in [3.8, 4) is 11.1 Å². The van der Waals surface area contributed by atoms with Gasteiger partial charge in [-0.05, 0) is 35.2 Å². The molecule has 0 saturated carbocycles. The molecule has 0 spiro atoms. The zero-order chi connectivity index (χ0) is 20.3. The van der Waals surface area contributed by atoms with E-state index in [1.807, 2.05) is 31.2 Å². The molecule has 1 unspecified atom stereocenters. The maximum Gasteiger partial charge on any atom is 0.416 e. The molecule has 0 fully saturated rings. The molecule has 4 nitrogen and oxygen atoms in total. The number of nitrogens with zero attached hydrogens (tertiary/aromatic N) is 2. The summed E-state index contributed by atoms with van der Waals surface area (Å²) < 4.78 is 39.8. The van der Waals surface area contributed by atoms with Crippen LogP contribution >= 0.6 is 0 Å². The zero-order valence-corrected chi connectivity index (χ0v) is 15.1. The summed E-state index contributed by atoms with van der Waals surface area (Å²) in [6.07, 6.45) is 0.0519. The van der Waals surface area contributed by atoms with Crippen molar-refractivity contribution in [2.75, 3.05) is 0 Å². The number of hydrogen-bond acceptors (Lipinski definition) is 2. The quantitative estimate of drug-likeness (QED) is 0.593. The first-order valence-corrected chi connectivity index (χ1v) is 8.84. The van der Waals surface area contributed by atoms with E-state index in [1.165, 1.54) is 24.7 Å². The normalized spacial score (nSPS) is 12.7. The van der Waals surface area contributed by atoms with Crippen molar-refractivity contribution in [3.05, 3.63) is 77.9 Å². The lowest BCUT2D eigenvalue weighted by molar-refractivity contribution is -0.137. The van der Waals surface area contributed by atoms with Gasteiger partial charge < -0.3 is 9.67 Å². The van der Waals surface area contributed by atoms with Crippen LogP contribution in [0.15, 0.2) is 61.1 Å². The van der Waals surface area contributed by atoms with Crippen molar-refractivity contribution >= 4 is 5.97 Å². The molecule has 3 aromatic rings.